The summed E-state index contributed by atoms with van der Waals surface area (Å²) in [7, 11) is 0. The van der Waals surface area contributed by atoms with Crippen molar-refractivity contribution in [2.75, 3.05) is 13.2 Å². The van der Waals surface area contributed by atoms with Crippen LogP contribution in [0, 0.1) is 0 Å². The average Bonchev–Trinajstić information content (AvgIpc) is 2.53. The first kappa shape index (κ1) is 12.5. The van der Waals surface area contributed by atoms with Gasteiger partial charge in [-0.2, -0.15) is 0 Å². The van der Waals surface area contributed by atoms with E-state index in [-0.39, 0.29) is 12.7 Å². The zero-order valence-electron chi connectivity index (χ0n) is 11.0. The molecule has 0 unspecified atom stereocenters. The Morgan fingerprint density at radius 1 is 1.35 bits per heavy atom. The molecule has 0 fully saturated rings. The van der Waals surface area contributed by atoms with Gasteiger partial charge in [0.25, 0.3) is 0 Å². The molecular weight excluding hydrogens is 254 g/mol. The van der Waals surface area contributed by atoms with Gasteiger partial charge in [-0.15, -0.1) is 0 Å². The first-order valence-electron chi connectivity index (χ1n) is 6.45. The van der Waals surface area contributed by atoms with Crippen LogP contribution in [0.15, 0.2) is 58.9 Å². The Labute approximate surface area is 117 Å². The Bertz CT molecular complexity index is 590. The molecule has 0 aliphatic carbocycles. The van der Waals surface area contributed by atoms with Crippen LogP contribution >= 0.6 is 0 Å². The fourth-order valence-corrected chi connectivity index (χ4v) is 2.09. The quantitative estimate of drug-likeness (QED) is 0.894. The Morgan fingerprint density at radius 2 is 2.20 bits per heavy atom. The zero-order chi connectivity index (χ0) is 13.8. The number of nitrogens with one attached hydrogen (secondary N) is 1. The smallest absolute Gasteiger partial charge is 0.414 e. The van der Waals surface area contributed by atoms with Crippen LogP contribution in [0.2, 0.25) is 0 Å². The maximum absolute atomic E-state index is 12.0. The van der Waals surface area contributed by atoms with Crippen molar-refractivity contribution in [2.24, 2.45) is 4.99 Å². The number of rotatable bonds is 2. The molecule has 0 saturated heterocycles. The van der Waals surface area contributed by atoms with Crippen LogP contribution in [0.3, 0.4) is 0 Å². The summed E-state index contributed by atoms with van der Waals surface area (Å²) >= 11 is 0. The molecule has 1 aromatic rings. The van der Waals surface area contributed by atoms with Crippen molar-refractivity contribution in [2.45, 2.75) is 6.61 Å². The molecule has 0 radical (unpaired) electrons. The SMILES string of the molecule is O=C(OCc1ccccc1)N1C=CC2=C(C=NCN2)C1. The number of hydrogen-bond acceptors (Lipinski definition) is 4. The average molecular weight is 269 g/mol. The Hall–Kier alpha value is -2.56. The highest BCUT2D eigenvalue weighted by Gasteiger charge is 2.20. The summed E-state index contributed by atoms with van der Waals surface area (Å²) in [6.45, 7) is 1.35. The van der Waals surface area contributed by atoms with Gasteiger partial charge in [-0.1, -0.05) is 30.3 Å². The normalized spacial score (nSPS) is 16.7. The molecule has 0 atom stereocenters. The van der Waals surface area contributed by atoms with Crippen LogP contribution in [-0.2, 0) is 11.3 Å². The van der Waals surface area contributed by atoms with Gasteiger partial charge in [0, 0.05) is 23.7 Å². The van der Waals surface area contributed by atoms with Crippen LogP contribution in [-0.4, -0.2) is 30.4 Å². The van der Waals surface area contributed by atoms with Crippen LogP contribution in [0.1, 0.15) is 5.56 Å². The molecule has 3 rings (SSSR count). The van der Waals surface area contributed by atoms with Gasteiger partial charge in [0.05, 0.1) is 6.54 Å². The van der Waals surface area contributed by atoms with E-state index in [1.165, 1.54) is 0 Å². The number of carbonyl (C=O) groups excluding carboxylic acids is 1. The summed E-state index contributed by atoms with van der Waals surface area (Å²) in [6.07, 6.45) is 5.05. The zero-order valence-corrected chi connectivity index (χ0v) is 11.0. The number of nitrogens with zero attached hydrogens (tertiary/aromatic N) is 2. The fourth-order valence-electron chi connectivity index (χ4n) is 2.09. The highest BCUT2D eigenvalue weighted by atomic mass is 16.6. The minimum Gasteiger partial charge on any atom is -0.444 e. The predicted octanol–water partition coefficient (Wildman–Crippen LogP) is 2.04. The standard InChI is InChI=1S/C15H15N3O2/c19-15(20-10-12-4-2-1-3-5-12)18-7-6-14-13(9-18)8-16-11-17-14/h1-8,17H,9-11H2. The second kappa shape index (κ2) is 5.61. The van der Waals surface area contributed by atoms with Gasteiger partial charge >= 0.3 is 6.09 Å². The molecule has 1 aromatic carbocycles. The maximum atomic E-state index is 12.0. The third-order valence-electron chi connectivity index (χ3n) is 3.16. The second-order valence-corrected chi connectivity index (χ2v) is 4.57. The van der Waals surface area contributed by atoms with Gasteiger partial charge in [0.15, 0.2) is 0 Å². The molecule has 20 heavy (non-hydrogen) atoms. The molecule has 5 nitrogen and oxygen atoms in total. The van der Waals surface area contributed by atoms with Crippen molar-refractivity contribution >= 4 is 12.3 Å². The molecule has 0 aromatic heterocycles. The molecule has 5 heteroatoms. The molecular formula is C15H15N3O2. The Balaban J connectivity index is 1.58. The monoisotopic (exact) mass is 269 g/mol. The topological polar surface area (TPSA) is 53.9 Å². The van der Waals surface area contributed by atoms with Gasteiger partial charge in [0.2, 0.25) is 0 Å². The summed E-state index contributed by atoms with van der Waals surface area (Å²) in [5.41, 5.74) is 2.99. The van der Waals surface area contributed by atoms with E-state index in [0.717, 1.165) is 16.8 Å². The van der Waals surface area contributed by atoms with Crippen LogP contribution in [0.5, 0.6) is 0 Å². The Morgan fingerprint density at radius 3 is 3.05 bits per heavy atom. The third kappa shape index (κ3) is 2.71. The van der Waals surface area contributed by atoms with Crippen molar-refractivity contribution < 1.29 is 9.53 Å². The molecule has 0 saturated carbocycles. The summed E-state index contributed by atoms with van der Waals surface area (Å²) in [6, 6.07) is 9.63. The molecule has 2 aliphatic heterocycles. The van der Waals surface area contributed by atoms with Crippen LogP contribution < -0.4 is 5.32 Å². The molecule has 0 bridgehead atoms. The van der Waals surface area contributed by atoms with Gasteiger partial charge in [-0.05, 0) is 11.6 Å². The van der Waals surface area contributed by atoms with Crippen LogP contribution in [0.25, 0.3) is 0 Å². The summed E-state index contributed by atoms with van der Waals surface area (Å²) in [5.74, 6) is 0. The molecule has 102 valence electrons. The number of allylic oxidation sites excluding steroid dienone is 1. The highest BCUT2D eigenvalue weighted by molar-refractivity contribution is 5.84. The first-order valence-corrected chi connectivity index (χ1v) is 6.45. The highest BCUT2D eigenvalue weighted by Crippen LogP contribution is 2.15. The van der Waals surface area contributed by atoms with Gasteiger partial charge < -0.3 is 10.1 Å². The largest absolute Gasteiger partial charge is 0.444 e. The van der Waals surface area contributed by atoms with E-state index in [0.29, 0.717) is 13.2 Å². The number of carbonyl (C=O) groups is 1. The minimum atomic E-state index is -0.351. The lowest BCUT2D eigenvalue weighted by molar-refractivity contribution is 0.113. The molecule has 1 amide bonds. The van der Waals surface area contributed by atoms with E-state index in [1.54, 1.807) is 17.3 Å². The predicted molar refractivity (Wildman–Crippen MR) is 76.0 cm³/mol. The van der Waals surface area contributed by atoms with Crippen molar-refractivity contribution in [3.05, 3.63) is 59.4 Å². The van der Waals surface area contributed by atoms with Gasteiger partial charge in [0.1, 0.15) is 13.3 Å². The van der Waals surface area contributed by atoms with E-state index in [9.17, 15) is 4.79 Å². The number of ether oxygens (including phenoxy) is 1. The number of amides is 1. The fraction of sp³-hybridized carbons (Fsp3) is 0.200. The second-order valence-electron chi connectivity index (χ2n) is 4.57. The molecule has 0 spiro atoms. The van der Waals surface area contributed by atoms with E-state index in [4.69, 9.17) is 4.74 Å². The molecule has 2 aliphatic rings. The summed E-state index contributed by atoms with van der Waals surface area (Å²) < 4.78 is 5.30. The van der Waals surface area contributed by atoms with Crippen molar-refractivity contribution in [3.63, 3.8) is 0 Å². The minimum absolute atomic E-state index is 0.280. The number of benzene rings is 1. The maximum Gasteiger partial charge on any atom is 0.414 e. The lowest BCUT2D eigenvalue weighted by Gasteiger charge is -2.25. The van der Waals surface area contributed by atoms with Gasteiger partial charge in [-0.25, -0.2) is 4.79 Å². The molecule has 2 heterocycles. The van der Waals surface area contributed by atoms with Crippen molar-refractivity contribution in [1.29, 1.82) is 0 Å². The third-order valence-corrected chi connectivity index (χ3v) is 3.16. The Kier molecular flexibility index (Phi) is 3.50. The number of hydrogen-bond donors (Lipinski definition) is 1. The number of aliphatic imine (C=N–C) groups is 1. The van der Waals surface area contributed by atoms with E-state index in [2.05, 4.69) is 10.3 Å². The van der Waals surface area contributed by atoms with Crippen LogP contribution in [0.4, 0.5) is 4.79 Å². The lowest BCUT2D eigenvalue weighted by Crippen LogP contribution is -2.34. The van der Waals surface area contributed by atoms with Gasteiger partial charge in [-0.3, -0.25) is 9.89 Å². The lowest BCUT2D eigenvalue weighted by atomic mass is 10.1. The first-order chi connectivity index (χ1) is 9.83. The van der Waals surface area contributed by atoms with E-state index in [1.807, 2.05) is 36.4 Å². The van der Waals surface area contributed by atoms with Crippen molar-refractivity contribution in [1.82, 2.24) is 10.2 Å². The summed E-state index contributed by atoms with van der Waals surface area (Å²) in [4.78, 5) is 17.7. The van der Waals surface area contributed by atoms with E-state index >= 15 is 0 Å². The van der Waals surface area contributed by atoms with Crippen molar-refractivity contribution in [3.8, 4) is 0 Å². The molecule has 1 N–H and O–H groups in total. The summed E-state index contributed by atoms with van der Waals surface area (Å²) in [5, 5.41) is 3.15. The van der Waals surface area contributed by atoms with E-state index < -0.39 is 0 Å².